The Morgan fingerprint density at radius 2 is 1.07 bits per heavy atom. The Balaban J connectivity index is 0.980. The summed E-state index contributed by atoms with van der Waals surface area (Å²) >= 11 is 0. The number of hydrogen-bond donors (Lipinski definition) is 0. The number of nitrogens with zero attached hydrogens (tertiary/aromatic N) is 3. The fourth-order valence-electron chi connectivity index (χ4n) is 9.18. The van der Waals surface area contributed by atoms with Crippen LogP contribution in [0.25, 0.3) is 127 Å². The largest absolute Gasteiger partial charge is 0.456 e. The molecule has 0 aliphatic rings. The van der Waals surface area contributed by atoms with Gasteiger partial charge in [0.05, 0.1) is 11.0 Å². The molecule has 0 atom stereocenters. The molecule has 0 radical (unpaired) electrons. The number of rotatable bonds is 4. The maximum atomic E-state index is 6.74. The molecule has 13 aromatic rings. The molecule has 4 aromatic heterocycles. The van der Waals surface area contributed by atoms with Crippen molar-refractivity contribution in [2.45, 2.75) is 0 Å². The summed E-state index contributed by atoms with van der Waals surface area (Å²) in [7, 11) is 0. The van der Waals surface area contributed by atoms with Gasteiger partial charge in [-0.1, -0.05) is 121 Å². The molecule has 59 heavy (non-hydrogen) atoms. The van der Waals surface area contributed by atoms with Gasteiger partial charge in [-0.05, 0) is 93.3 Å². The van der Waals surface area contributed by atoms with Crippen molar-refractivity contribution >= 4 is 87.4 Å². The van der Waals surface area contributed by atoms with Crippen LogP contribution in [0.3, 0.4) is 0 Å². The zero-order valence-corrected chi connectivity index (χ0v) is 31.6. The topological polar surface area (TPSA) is 57.0 Å². The predicted molar refractivity (Wildman–Crippen MR) is 242 cm³/mol. The van der Waals surface area contributed by atoms with Crippen molar-refractivity contribution in [1.82, 2.24) is 14.5 Å². The molecule has 0 saturated carbocycles. The first-order chi connectivity index (χ1) is 29.2. The van der Waals surface area contributed by atoms with E-state index in [9.17, 15) is 0 Å². The van der Waals surface area contributed by atoms with Crippen LogP contribution in [-0.4, -0.2) is 14.5 Å². The Morgan fingerprint density at radius 1 is 0.373 bits per heavy atom. The molecule has 0 saturated heterocycles. The van der Waals surface area contributed by atoms with Gasteiger partial charge in [0.1, 0.15) is 28.0 Å². The van der Waals surface area contributed by atoms with Gasteiger partial charge in [-0.2, -0.15) is 0 Å². The van der Waals surface area contributed by atoms with E-state index in [1.165, 1.54) is 38.1 Å². The number of hydrogen-bond acceptors (Lipinski definition) is 4. The van der Waals surface area contributed by atoms with Crippen LogP contribution in [0.4, 0.5) is 0 Å². The van der Waals surface area contributed by atoms with Gasteiger partial charge < -0.3 is 13.4 Å². The number of aromatic nitrogens is 3. The molecule has 0 spiro atoms. The lowest BCUT2D eigenvalue weighted by atomic mass is 10.0. The van der Waals surface area contributed by atoms with Crippen LogP contribution in [0.15, 0.2) is 197 Å². The summed E-state index contributed by atoms with van der Waals surface area (Å²) < 4.78 is 15.6. The van der Waals surface area contributed by atoms with Crippen molar-refractivity contribution in [2.24, 2.45) is 0 Å². The summed E-state index contributed by atoms with van der Waals surface area (Å²) in [6, 6.07) is 66.3. The zero-order valence-electron chi connectivity index (χ0n) is 31.6. The van der Waals surface area contributed by atoms with E-state index in [0.29, 0.717) is 11.4 Å². The van der Waals surface area contributed by atoms with Gasteiger partial charge in [-0.15, -0.1) is 0 Å². The van der Waals surface area contributed by atoms with Crippen LogP contribution in [0.2, 0.25) is 0 Å². The predicted octanol–water partition coefficient (Wildman–Crippen LogP) is 14.7. The van der Waals surface area contributed by atoms with E-state index in [1.807, 2.05) is 18.2 Å². The van der Waals surface area contributed by atoms with E-state index in [0.717, 1.165) is 77.4 Å². The highest BCUT2D eigenvalue weighted by Gasteiger charge is 2.21. The smallest absolute Gasteiger partial charge is 0.180 e. The molecule has 4 heterocycles. The monoisotopic (exact) mass is 753 g/mol. The molecule has 0 bridgehead atoms. The summed E-state index contributed by atoms with van der Waals surface area (Å²) in [5.41, 5.74) is 12.2. The highest BCUT2D eigenvalue weighted by atomic mass is 16.3. The summed E-state index contributed by atoms with van der Waals surface area (Å²) in [6.45, 7) is 0. The van der Waals surface area contributed by atoms with Crippen molar-refractivity contribution in [3.63, 3.8) is 0 Å². The summed E-state index contributed by atoms with van der Waals surface area (Å²) in [6.07, 6.45) is 0. The van der Waals surface area contributed by atoms with Crippen molar-refractivity contribution in [1.29, 1.82) is 0 Å². The van der Waals surface area contributed by atoms with Gasteiger partial charge >= 0.3 is 0 Å². The first-order valence-electron chi connectivity index (χ1n) is 19.9. The minimum absolute atomic E-state index is 0.614. The van der Waals surface area contributed by atoms with Crippen LogP contribution >= 0.6 is 0 Å². The minimum atomic E-state index is 0.614. The van der Waals surface area contributed by atoms with Crippen molar-refractivity contribution in [3.05, 3.63) is 188 Å². The first-order valence-corrected chi connectivity index (χ1v) is 19.9. The van der Waals surface area contributed by atoms with E-state index >= 15 is 0 Å². The van der Waals surface area contributed by atoms with Crippen molar-refractivity contribution < 1.29 is 8.83 Å². The quantitative estimate of drug-likeness (QED) is 0.180. The number of furan rings is 2. The summed E-state index contributed by atoms with van der Waals surface area (Å²) in [5, 5.41) is 10.3. The molecule has 0 fully saturated rings. The maximum Gasteiger partial charge on any atom is 0.180 e. The summed E-state index contributed by atoms with van der Waals surface area (Å²) in [5.74, 6) is 0.614. The molecule has 0 N–H and O–H groups in total. The average Bonchev–Trinajstić information content (AvgIpc) is 3.97. The Kier molecular flexibility index (Phi) is 6.66. The SMILES string of the molecule is c1ccc(-c2ccc3c(c2)c2c4ccccc4ccc2n3-c2ccc3c(c2)oc2cc(-c4nc(-c5ccc6ccccc6c5)c5oc6ccccc6c5n4)ccc23)cc1. The average molecular weight is 754 g/mol. The van der Waals surface area contributed by atoms with Gasteiger partial charge in [0.15, 0.2) is 11.4 Å². The number of fused-ring (bicyclic) bond motifs is 12. The standard InChI is InChI=1S/C54H31N3O2/c1-2-10-32(11-3-1)36-22-26-45-44(29-36)50-40-15-7-6-13-34(40)21-27-46(50)57(45)39-23-25-42-41-24-20-38(30-48(41)58-49(42)31-39)54-55-51(37-19-18-33-12-4-5-14-35(33)28-37)53-52(56-54)43-16-8-9-17-47(43)59-53/h1-31H. The second kappa shape index (κ2) is 12.2. The van der Waals surface area contributed by atoms with E-state index in [4.69, 9.17) is 18.8 Å². The molecule has 5 heteroatoms. The Labute approximate surface area is 337 Å². The lowest BCUT2D eigenvalue weighted by Crippen LogP contribution is -1.94. The molecular formula is C54H31N3O2. The highest BCUT2D eigenvalue weighted by Crippen LogP contribution is 2.41. The molecule has 9 aromatic carbocycles. The van der Waals surface area contributed by atoms with Crippen LogP contribution in [-0.2, 0) is 0 Å². The van der Waals surface area contributed by atoms with Crippen LogP contribution < -0.4 is 0 Å². The fraction of sp³-hybridized carbons (Fsp3) is 0. The first kappa shape index (κ1) is 32.1. The van der Waals surface area contributed by atoms with E-state index < -0.39 is 0 Å². The van der Waals surface area contributed by atoms with Crippen LogP contribution in [0, 0.1) is 0 Å². The minimum Gasteiger partial charge on any atom is -0.456 e. The molecule has 0 aliphatic carbocycles. The third-order valence-electron chi connectivity index (χ3n) is 12.0. The maximum absolute atomic E-state index is 6.74. The van der Waals surface area contributed by atoms with Gasteiger partial charge in [-0.3, -0.25) is 0 Å². The second-order valence-electron chi connectivity index (χ2n) is 15.3. The Bertz CT molecular complexity index is 3850. The van der Waals surface area contributed by atoms with E-state index in [2.05, 4.69) is 174 Å². The van der Waals surface area contributed by atoms with E-state index in [1.54, 1.807) is 0 Å². The number of para-hydroxylation sites is 1. The molecule has 0 unspecified atom stereocenters. The van der Waals surface area contributed by atoms with E-state index in [-0.39, 0.29) is 0 Å². The Hall–Kier alpha value is -8.02. The lowest BCUT2D eigenvalue weighted by molar-refractivity contribution is 0.667. The van der Waals surface area contributed by atoms with Gasteiger partial charge in [0, 0.05) is 49.8 Å². The van der Waals surface area contributed by atoms with Gasteiger partial charge in [-0.25, -0.2) is 9.97 Å². The normalized spacial score (nSPS) is 12.1. The van der Waals surface area contributed by atoms with Gasteiger partial charge in [0.25, 0.3) is 0 Å². The van der Waals surface area contributed by atoms with Crippen molar-refractivity contribution in [2.75, 3.05) is 0 Å². The molecule has 0 amide bonds. The molecule has 0 aliphatic heterocycles. The molecule has 274 valence electrons. The third-order valence-corrected chi connectivity index (χ3v) is 12.0. The van der Waals surface area contributed by atoms with Gasteiger partial charge in [0.2, 0.25) is 0 Å². The number of benzene rings is 9. The van der Waals surface area contributed by atoms with Crippen LogP contribution in [0.5, 0.6) is 0 Å². The highest BCUT2D eigenvalue weighted by molar-refractivity contribution is 6.22. The Morgan fingerprint density at radius 3 is 1.97 bits per heavy atom. The van der Waals surface area contributed by atoms with Crippen molar-refractivity contribution in [3.8, 4) is 39.5 Å². The summed E-state index contributed by atoms with van der Waals surface area (Å²) in [4.78, 5) is 10.4. The third kappa shape index (κ3) is 4.85. The fourth-order valence-corrected chi connectivity index (χ4v) is 9.18. The molecule has 13 rings (SSSR count). The zero-order chi connectivity index (χ0) is 38.6. The second-order valence-corrected chi connectivity index (χ2v) is 15.3. The molecular weight excluding hydrogens is 723 g/mol. The lowest BCUT2D eigenvalue weighted by Gasteiger charge is -2.09. The molecule has 5 nitrogen and oxygen atoms in total. The van der Waals surface area contributed by atoms with Crippen LogP contribution in [0.1, 0.15) is 0 Å².